The molecule has 82 valence electrons. The van der Waals surface area contributed by atoms with Crippen molar-refractivity contribution in [3.8, 4) is 0 Å². The summed E-state index contributed by atoms with van der Waals surface area (Å²) in [7, 11) is 0. The van der Waals surface area contributed by atoms with Crippen LogP contribution in [0.1, 0.15) is 27.4 Å². The highest BCUT2D eigenvalue weighted by Gasteiger charge is 2.13. The average Bonchev–Trinajstić information content (AvgIpc) is 2.59. The highest BCUT2D eigenvalue weighted by atomic mass is 16.3. The second kappa shape index (κ2) is 4.31. The Bertz CT molecular complexity index is 500. The SMILES string of the molecule is Cc1cc(C(=O)Cc2ccncc2)c(C)o1. The van der Waals surface area contributed by atoms with Crippen LogP contribution in [0.2, 0.25) is 0 Å². The highest BCUT2D eigenvalue weighted by Crippen LogP contribution is 2.16. The van der Waals surface area contributed by atoms with Crippen molar-refractivity contribution in [2.75, 3.05) is 0 Å². The maximum absolute atomic E-state index is 12.0. The van der Waals surface area contributed by atoms with Gasteiger partial charge >= 0.3 is 0 Å². The van der Waals surface area contributed by atoms with E-state index in [1.54, 1.807) is 18.5 Å². The number of hydrogen-bond acceptors (Lipinski definition) is 3. The summed E-state index contributed by atoms with van der Waals surface area (Å²) in [4.78, 5) is 15.9. The first kappa shape index (κ1) is 10.6. The quantitative estimate of drug-likeness (QED) is 0.739. The molecule has 0 fully saturated rings. The largest absolute Gasteiger partial charge is 0.466 e. The standard InChI is InChI=1S/C13H13NO2/c1-9-7-12(10(2)16-9)13(15)8-11-3-5-14-6-4-11/h3-7H,8H2,1-2H3. The second-order valence-electron chi connectivity index (χ2n) is 3.78. The summed E-state index contributed by atoms with van der Waals surface area (Å²) in [6.45, 7) is 3.66. The summed E-state index contributed by atoms with van der Waals surface area (Å²) in [5.41, 5.74) is 1.65. The minimum Gasteiger partial charge on any atom is -0.466 e. The Labute approximate surface area is 94.1 Å². The Balaban J connectivity index is 2.18. The normalized spacial score (nSPS) is 10.4. The van der Waals surface area contributed by atoms with Gasteiger partial charge in [-0.3, -0.25) is 9.78 Å². The Kier molecular flexibility index (Phi) is 2.86. The van der Waals surface area contributed by atoms with Crippen molar-refractivity contribution in [2.45, 2.75) is 20.3 Å². The zero-order valence-electron chi connectivity index (χ0n) is 9.36. The van der Waals surface area contributed by atoms with Crippen LogP contribution in [0.4, 0.5) is 0 Å². The molecule has 2 heterocycles. The predicted molar refractivity (Wildman–Crippen MR) is 60.5 cm³/mol. The lowest BCUT2D eigenvalue weighted by Gasteiger charge is -1.98. The molecule has 0 N–H and O–H groups in total. The zero-order chi connectivity index (χ0) is 11.5. The number of furan rings is 1. The van der Waals surface area contributed by atoms with Crippen LogP contribution < -0.4 is 0 Å². The number of ketones is 1. The number of rotatable bonds is 3. The molecule has 0 bridgehead atoms. The molecule has 16 heavy (non-hydrogen) atoms. The Morgan fingerprint density at radius 1 is 1.31 bits per heavy atom. The van der Waals surface area contributed by atoms with Gasteiger partial charge in [0, 0.05) is 18.8 Å². The molecule has 3 heteroatoms. The number of aryl methyl sites for hydroxylation is 2. The lowest BCUT2D eigenvalue weighted by Crippen LogP contribution is -2.03. The summed E-state index contributed by atoms with van der Waals surface area (Å²) < 4.78 is 5.34. The molecule has 3 nitrogen and oxygen atoms in total. The van der Waals surface area contributed by atoms with E-state index in [-0.39, 0.29) is 5.78 Å². The third-order valence-electron chi connectivity index (χ3n) is 2.46. The van der Waals surface area contributed by atoms with E-state index >= 15 is 0 Å². The Morgan fingerprint density at radius 2 is 2.00 bits per heavy atom. The van der Waals surface area contributed by atoms with E-state index in [1.807, 2.05) is 26.0 Å². The van der Waals surface area contributed by atoms with Crippen LogP contribution in [-0.2, 0) is 6.42 Å². The fraction of sp³-hybridized carbons (Fsp3) is 0.231. The van der Waals surface area contributed by atoms with Gasteiger partial charge in [0.2, 0.25) is 0 Å². The van der Waals surface area contributed by atoms with Crippen LogP contribution >= 0.6 is 0 Å². The van der Waals surface area contributed by atoms with Gasteiger partial charge in [-0.15, -0.1) is 0 Å². The molecule has 0 aliphatic heterocycles. The third-order valence-corrected chi connectivity index (χ3v) is 2.46. The molecule has 0 amide bonds. The summed E-state index contributed by atoms with van der Waals surface area (Å²) in [6.07, 6.45) is 3.77. The van der Waals surface area contributed by atoms with Gasteiger partial charge < -0.3 is 4.42 Å². The molecule has 0 aliphatic carbocycles. The molecule has 0 radical (unpaired) electrons. The van der Waals surface area contributed by atoms with Crippen molar-refractivity contribution >= 4 is 5.78 Å². The van der Waals surface area contributed by atoms with Crippen LogP contribution in [0.5, 0.6) is 0 Å². The zero-order valence-corrected chi connectivity index (χ0v) is 9.36. The number of carbonyl (C=O) groups excluding carboxylic acids is 1. The van der Waals surface area contributed by atoms with Crippen LogP contribution in [0.15, 0.2) is 35.0 Å². The first-order chi connectivity index (χ1) is 7.66. The fourth-order valence-corrected chi connectivity index (χ4v) is 1.69. The summed E-state index contributed by atoms with van der Waals surface area (Å²) in [5, 5.41) is 0. The highest BCUT2D eigenvalue weighted by molar-refractivity contribution is 5.98. The molecular weight excluding hydrogens is 202 g/mol. The minimum atomic E-state index is 0.0838. The Hall–Kier alpha value is -1.90. The van der Waals surface area contributed by atoms with E-state index in [0.717, 1.165) is 11.3 Å². The van der Waals surface area contributed by atoms with Crippen LogP contribution in [0, 0.1) is 13.8 Å². The molecule has 0 saturated carbocycles. The summed E-state index contributed by atoms with van der Waals surface area (Å²) in [6, 6.07) is 5.49. The predicted octanol–water partition coefficient (Wildman–Crippen LogP) is 2.72. The molecular formula is C13H13NO2. The van der Waals surface area contributed by atoms with Crippen LogP contribution in [0.25, 0.3) is 0 Å². The van der Waals surface area contributed by atoms with Gasteiger partial charge in [-0.05, 0) is 37.6 Å². The number of carbonyl (C=O) groups is 1. The topological polar surface area (TPSA) is 43.1 Å². The van der Waals surface area contributed by atoms with Crippen molar-refractivity contribution in [3.63, 3.8) is 0 Å². The van der Waals surface area contributed by atoms with Crippen LogP contribution in [0.3, 0.4) is 0 Å². The molecule has 2 rings (SSSR count). The van der Waals surface area contributed by atoms with Crippen molar-refractivity contribution in [1.29, 1.82) is 0 Å². The molecule has 2 aromatic rings. The van der Waals surface area contributed by atoms with Gasteiger partial charge in [0.15, 0.2) is 5.78 Å². The fourth-order valence-electron chi connectivity index (χ4n) is 1.69. The number of nitrogens with zero attached hydrogens (tertiary/aromatic N) is 1. The minimum absolute atomic E-state index is 0.0838. The number of Topliss-reactive ketones (excluding diaryl/α,β-unsaturated/α-hetero) is 1. The third kappa shape index (κ3) is 2.19. The van der Waals surface area contributed by atoms with Gasteiger partial charge in [-0.1, -0.05) is 0 Å². The van der Waals surface area contributed by atoms with E-state index in [1.165, 1.54) is 0 Å². The average molecular weight is 215 g/mol. The molecule has 0 saturated heterocycles. The molecule has 0 unspecified atom stereocenters. The summed E-state index contributed by atoms with van der Waals surface area (Å²) >= 11 is 0. The van der Waals surface area contributed by atoms with Crippen LogP contribution in [-0.4, -0.2) is 10.8 Å². The maximum atomic E-state index is 12.0. The molecule has 0 aliphatic rings. The monoisotopic (exact) mass is 215 g/mol. The molecule has 0 atom stereocenters. The molecule has 2 aromatic heterocycles. The van der Waals surface area contributed by atoms with E-state index in [9.17, 15) is 4.79 Å². The second-order valence-corrected chi connectivity index (χ2v) is 3.78. The van der Waals surface area contributed by atoms with E-state index in [4.69, 9.17) is 4.42 Å². The lowest BCUT2D eigenvalue weighted by molar-refractivity contribution is 0.0991. The smallest absolute Gasteiger partial charge is 0.170 e. The molecule has 0 aromatic carbocycles. The van der Waals surface area contributed by atoms with E-state index in [2.05, 4.69) is 4.98 Å². The van der Waals surface area contributed by atoms with E-state index in [0.29, 0.717) is 17.7 Å². The first-order valence-corrected chi connectivity index (χ1v) is 5.16. The van der Waals surface area contributed by atoms with Gasteiger partial charge in [0.25, 0.3) is 0 Å². The van der Waals surface area contributed by atoms with Crippen molar-refractivity contribution < 1.29 is 9.21 Å². The lowest BCUT2D eigenvalue weighted by atomic mass is 10.0. The maximum Gasteiger partial charge on any atom is 0.170 e. The van der Waals surface area contributed by atoms with Gasteiger partial charge in [-0.2, -0.15) is 0 Å². The number of hydrogen-bond donors (Lipinski definition) is 0. The first-order valence-electron chi connectivity index (χ1n) is 5.16. The van der Waals surface area contributed by atoms with E-state index < -0.39 is 0 Å². The number of pyridine rings is 1. The van der Waals surface area contributed by atoms with Gasteiger partial charge in [0.1, 0.15) is 11.5 Å². The summed E-state index contributed by atoms with van der Waals surface area (Å²) in [5.74, 6) is 1.55. The Morgan fingerprint density at radius 3 is 2.56 bits per heavy atom. The number of aromatic nitrogens is 1. The molecule has 0 spiro atoms. The van der Waals surface area contributed by atoms with Gasteiger partial charge in [-0.25, -0.2) is 0 Å². The van der Waals surface area contributed by atoms with Gasteiger partial charge in [0.05, 0.1) is 5.56 Å². The van der Waals surface area contributed by atoms with Crippen molar-refractivity contribution in [2.24, 2.45) is 0 Å². The van der Waals surface area contributed by atoms with Crippen molar-refractivity contribution in [1.82, 2.24) is 4.98 Å². The van der Waals surface area contributed by atoms with Crippen molar-refractivity contribution in [3.05, 3.63) is 53.2 Å².